The van der Waals surface area contributed by atoms with Gasteiger partial charge in [0.1, 0.15) is 0 Å². The zero-order chi connectivity index (χ0) is 12.9. The smallest absolute Gasteiger partial charge is 0.0965 e. The number of hydrogen-bond donors (Lipinski definition) is 1. The molecule has 0 aliphatic carbocycles. The second kappa shape index (κ2) is 6.34. The Morgan fingerprint density at radius 2 is 2.12 bits per heavy atom. The molecule has 17 heavy (non-hydrogen) atoms. The molecule has 1 rings (SSSR count). The standard InChI is InChI=1S/C13H26N4/c1-5-15-12(10-14)6-7-17-9-8-16(4)13(2,3)11-17/h12,15H,5-9,11H2,1-4H3. The monoisotopic (exact) mass is 238 g/mol. The van der Waals surface area contributed by atoms with E-state index in [2.05, 4.69) is 42.1 Å². The summed E-state index contributed by atoms with van der Waals surface area (Å²) in [6.07, 6.45) is 0.921. The van der Waals surface area contributed by atoms with Gasteiger partial charge in [0.15, 0.2) is 0 Å². The van der Waals surface area contributed by atoms with E-state index in [0.29, 0.717) is 0 Å². The molecule has 0 spiro atoms. The molecule has 1 aliphatic rings. The summed E-state index contributed by atoms with van der Waals surface area (Å²) in [4.78, 5) is 4.89. The molecule has 4 heteroatoms. The van der Waals surface area contributed by atoms with Gasteiger partial charge in [0, 0.05) is 31.7 Å². The first kappa shape index (κ1) is 14.4. The maximum atomic E-state index is 8.99. The Morgan fingerprint density at radius 1 is 1.41 bits per heavy atom. The van der Waals surface area contributed by atoms with Gasteiger partial charge in [-0.15, -0.1) is 0 Å². The van der Waals surface area contributed by atoms with E-state index in [1.165, 1.54) is 0 Å². The maximum absolute atomic E-state index is 8.99. The third-order valence-electron chi connectivity index (χ3n) is 3.74. The largest absolute Gasteiger partial charge is 0.302 e. The van der Waals surface area contributed by atoms with Crippen molar-refractivity contribution in [2.75, 3.05) is 39.8 Å². The Kier molecular flexibility index (Phi) is 5.38. The molecular weight excluding hydrogens is 212 g/mol. The van der Waals surface area contributed by atoms with Crippen molar-refractivity contribution in [2.45, 2.75) is 38.8 Å². The topological polar surface area (TPSA) is 42.3 Å². The van der Waals surface area contributed by atoms with Crippen LogP contribution in [-0.2, 0) is 0 Å². The first-order chi connectivity index (χ1) is 7.99. The molecule has 98 valence electrons. The summed E-state index contributed by atoms with van der Waals surface area (Å²) in [6, 6.07) is 2.33. The van der Waals surface area contributed by atoms with E-state index in [9.17, 15) is 0 Å². The Balaban J connectivity index is 2.36. The second-order valence-electron chi connectivity index (χ2n) is 5.54. The molecule has 0 saturated carbocycles. The predicted octanol–water partition coefficient (Wildman–Crippen LogP) is 0.904. The van der Waals surface area contributed by atoms with Crippen molar-refractivity contribution >= 4 is 0 Å². The van der Waals surface area contributed by atoms with E-state index < -0.39 is 0 Å². The van der Waals surface area contributed by atoms with E-state index in [-0.39, 0.29) is 11.6 Å². The van der Waals surface area contributed by atoms with Gasteiger partial charge in [0.2, 0.25) is 0 Å². The lowest BCUT2D eigenvalue weighted by Gasteiger charge is -2.45. The fourth-order valence-electron chi connectivity index (χ4n) is 2.30. The lowest BCUT2D eigenvalue weighted by Crippen LogP contribution is -2.57. The lowest BCUT2D eigenvalue weighted by molar-refractivity contribution is 0.0389. The van der Waals surface area contributed by atoms with Crippen molar-refractivity contribution in [3.8, 4) is 6.07 Å². The summed E-state index contributed by atoms with van der Waals surface area (Å²) in [5.41, 5.74) is 0.249. The molecule has 1 saturated heterocycles. The van der Waals surface area contributed by atoms with E-state index in [4.69, 9.17) is 5.26 Å². The molecule has 1 atom stereocenters. The van der Waals surface area contributed by atoms with Gasteiger partial charge in [-0.25, -0.2) is 0 Å². The lowest BCUT2D eigenvalue weighted by atomic mass is 9.99. The quantitative estimate of drug-likeness (QED) is 0.773. The number of nitrogens with zero attached hydrogens (tertiary/aromatic N) is 3. The minimum atomic E-state index is 0.00256. The molecule has 0 aromatic carbocycles. The highest BCUT2D eigenvalue weighted by atomic mass is 15.3. The van der Waals surface area contributed by atoms with Crippen LogP contribution in [0.15, 0.2) is 0 Å². The predicted molar refractivity (Wildman–Crippen MR) is 70.8 cm³/mol. The summed E-state index contributed by atoms with van der Waals surface area (Å²) >= 11 is 0. The molecule has 0 radical (unpaired) electrons. The van der Waals surface area contributed by atoms with Crippen molar-refractivity contribution in [1.29, 1.82) is 5.26 Å². The maximum Gasteiger partial charge on any atom is 0.0965 e. The third kappa shape index (κ3) is 4.27. The van der Waals surface area contributed by atoms with Crippen LogP contribution in [0.1, 0.15) is 27.2 Å². The fourth-order valence-corrected chi connectivity index (χ4v) is 2.30. The van der Waals surface area contributed by atoms with E-state index >= 15 is 0 Å². The van der Waals surface area contributed by atoms with Crippen LogP contribution in [0.25, 0.3) is 0 Å². The minimum Gasteiger partial charge on any atom is -0.302 e. The molecule has 1 fully saturated rings. The van der Waals surface area contributed by atoms with Crippen LogP contribution in [0.2, 0.25) is 0 Å². The normalized spacial score (nSPS) is 23.2. The van der Waals surface area contributed by atoms with Gasteiger partial charge < -0.3 is 10.2 Å². The van der Waals surface area contributed by atoms with Gasteiger partial charge in [-0.1, -0.05) is 6.92 Å². The SMILES string of the molecule is CCNC(C#N)CCN1CCN(C)C(C)(C)C1. The fraction of sp³-hybridized carbons (Fsp3) is 0.923. The average molecular weight is 238 g/mol. The minimum absolute atomic E-state index is 0.00256. The van der Waals surface area contributed by atoms with E-state index in [1.54, 1.807) is 0 Å². The van der Waals surface area contributed by atoms with Gasteiger partial charge in [-0.05, 0) is 33.9 Å². The first-order valence-electron chi connectivity index (χ1n) is 6.56. The number of hydrogen-bond acceptors (Lipinski definition) is 4. The Hall–Kier alpha value is -0.630. The molecule has 0 aromatic heterocycles. The van der Waals surface area contributed by atoms with Crippen molar-refractivity contribution in [1.82, 2.24) is 15.1 Å². The molecule has 0 amide bonds. The second-order valence-corrected chi connectivity index (χ2v) is 5.54. The van der Waals surface area contributed by atoms with Crippen LogP contribution in [0.3, 0.4) is 0 Å². The number of piperazine rings is 1. The van der Waals surface area contributed by atoms with Gasteiger partial charge in [-0.3, -0.25) is 4.90 Å². The van der Waals surface area contributed by atoms with Crippen molar-refractivity contribution in [3.63, 3.8) is 0 Å². The van der Waals surface area contributed by atoms with Crippen LogP contribution in [0.4, 0.5) is 0 Å². The molecule has 4 nitrogen and oxygen atoms in total. The highest BCUT2D eigenvalue weighted by Crippen LogP contribution is 2.18. The number of likely N-dealkylation sites (N-methyl/N-ethyl adjacent to an activating group) is 1. The highest BCUT2D eigenvalue weighted by Gasteiger charge is 2.30. The molecule has 0 bridgehead atoms. The van der Waals surface area contributed by atoms with Crippen molar-refractivity contribution < 1.29 is 0 Å². The van der Waals surface area contributed by atoms with Gasteiger partial charge in [0.25, 0.3) is 0 Å². The van der Waals surface area contributed by atoms with Gasteiger partial charge >= 0.3 is 0 Å². The molecule has 1 aliphatic heterocycles. The Bertz CT molecular complexity index is 269. The number of nitriles is 1. The first-order valence-corrected chi connectivity index (χ1v) is 6.56. The van der Waals surface area contributed by atoms with Crippen LogP contribution in [0.5, 0.6) is 0 Å². The summed E-state index contributed by atoms with van der Waals surface area (Å²) in [5, 5.41) is 12.2. The zero-order valence-electron chi connectivity index (χ0n) is 11.7. The summed E-state index contributed by atoms with van der Waals surface area (Å²) in [7, 11) is 2.19. The van der Waals surface area contributed by atoms with Crippen LogP contribution < -0.4 is 5.32 Å². The molecule has 1 heterocycles. The molecule has 0 aromatic rings. The summed E-state index contributed by atoms with van der Waals surface area (Å²) in [5.74, 6) is 0. The molecular formula is C13H26N4. The highest BCUT2D eigenvalue weighted by molar-refractivity contribution is 4.92. The number of nitrogens with one attached hydrogen (secondary N) is 1. The van der Waals surface area contributed by atoms with E-state index in [1.807, 2.05) is 6.92 Å². The number of rotatable bonds is 5. The molecule has 1 N–H and O–H groups in total. The van der Waals surface area contributed by atoms with Gasteiger partial charge in [-0.2, -0.15) is 5.26 Å². The van der Waals surface area contributed by atoms with Crippen LogP contribution in [-0.4, -0.2) is 61.2 Å². The van der Waals surface area contributed by atoms with Crippen LogP contribution >= 0.6 is 0 Å². The Morgan fingerprint density at radius 3 is 2.65 bits per heavy atom. The average Bonchev–Trinajstić information content (AvgIpc) is 2.28. The van der Waals surface area contributed by atoms with E-state index in [0.717, 1.165) is 39.1 Å². The molecule has 1 unspecified atom stereocenters. The Labute approximate surface area is 106 Å². The van der Waals surface area contributed by atoms with Crippen molar-refractivity contribution in [2.24, 2.45) is 0 Å². The van der Waals surface area contributed by atoms with Gasteiger partial charge in [0.05, 0.1) is 12.1 Å². The zero-order valence-corrected chi connectivity index (χ0v) is 11.7. The van der Waals surface area contributed by atoms with Crippen LogP contribution in [0, 0.1) is 11.3 Å². The summed E-state index contributed by atoms with van der Waals surface area (Å²) in [6.45, 7) is 11.8. The van der Waals surface area contributed by atoms with Crippen molar-refractivity contribution in [3.05, 3.63) is 0 Å². The third-order valence-corrected chi connectivity index (χ3v) is 3.74. The summed E-state index contributed by atoms with van der Waals surface area (Å²) < 4.78 is 0.